The van der Waals surface area contributed by atoms with Gasteiger partial charge in [0, 0.05) is 17.0 Å². The zero-order valence-electron chi connectivity index (χ0n) is 13.5. The van der Waals surface area contributed by atoms with E-state index in [1.807, 2.05) is 18.2 Å². The topological polar surface area (TPSA) is 84.1 Å². The van der Waals surface area contributed by atoms with Gasteiger partial charge in [0.2, 0.25) is 0 Å². The van der Waals surface area contributed by atoms with Crippen LogP contribution in [0.3, 0.4) is 0 Å². The second-order valence-electron chi connectivity index (χ2n) is 5.51. The summed E-state index contributed by atoms with van der Waals surface area (Å²) in [6.07, 6.45) is -0.935. The van der Waals surface area contributed by atoms with Crippen molar-refractivity contribution < 1.29 is 14.3 Å². The van der Waals surface area contributed by atoms with Crippen molar-refractivity contribution in [1.82, 2.24) is 15.5 Å². The van der Waals surface area contributed by atoms with Crippen LogP contribution in [0.1, 0.15) is 23.0 Å². The van der Waals surface area contributed by atoms with Crippen LogP contribution in [-0.4, -0.2) is 28.2 Å². The monoisotopic (exact) mass is 357 g/mol. The number of aromatic amines is 1. The number of amides is 1. The number of halogens is 1. The van der Waals surface area contributed by atoms with Gasteiger partial charge < -0.3 is 10.1 Å². The molecule has 1 heterocycles. The van der Waals surface area contributed by atoms with Crippen LogP contribution < -0.4 is 5.32 Å². The normalized spacial score (nSPS) is 11.9. The highest BCUT2D eigenvalue weighted by Crippen LogP contribution is 2.16. The Hall–Kier alpha value is -2.86. The molecule has 0 saturated carbocycles. The van der Waals surface area contributed by atoms with Crippen molar-refractivity contribution in [3.63, 3.8) is 0 Å². The lowest BCUT2D eigenvalue weighted by molar-refractivity contribution is -0.129. The first-order valence-electron chi connectivity index (χ1n) is 7.71. The average molecular weight is 358 g/mol. The van der Waals surface area contributed by atoms with Crippen LogP contribution >= 0.6 is 11.6 Å². The van der Waals surface area contributed by atoms with Gasteiger partial charge in [-0.3, -0.25) is 9.89 Å². The number of carbonyl (C=O) groups is 2. The van der Waals surface area contributed by atoms with E-state index in [1.54, 1.807) is 30.3 Å². The molecule has 6 nitrogen and oxygen atoms in total. The van der Waals surface area contributed by atoms with E-state index in [4.69, 9.17) is 16.3 Å². The maximum absolute atomic E-state index is 12.2. The number of ether oxygens (including phenoxy) is 1. The van der Waals surface area contributed by atoms with Crippen molar-refractivity contribution in [2.75, 3.05) is 0 Å². The SMILES string of the molecule is C[C@@H](OC(=O)c1n[nH]c2ccccc12)C(=O)NCc1ccc(Cl)cc1. The van der Waals surface area contributed by atoms with Gasteiger partial charge in [-0.05, 0) is 30.7 Å². The van der Waals surface area contributed by atoms with Crippen molar-refractivity contribution in [2.45, 2.75) is 19.6 Å². The van der Waals surface area contributed by atoms with E-state index >= 15 is 0 Å². The molecule has 0 aliphatic carbocycles. The van der Waals surface area contributed by atoms with Crippen LogP contribution in [0.2, 0.25) is 5.02 Å². The molecule has 2 N–H and O–H groups in total. The van der Waals surface area contributed by atoms with Gasteiger partial charge in [-0.15, -0.1) is 0 Å². The molecule has 128 valence electrons. The fourth-order valence-corrected chi connectivity index (χ4v) is 2.45. The van der Waals surface area contributed by atoms with Gasteiger partial charge in [-0.1, -0.05) is 41.9 Å². The summed E-state index contributed by atoms with van der Waals surface area (Å²) < 4.78 is 5.22. The third-order valence-electron chi connectivity index (χ3n) is 3.70. The summed E-state index contributed by atoms with van der Waals surface area (Å²) in [6, 6.07) is 14.3. The summed E-state index contributed by atoms with van der Waals surface area (Å²) in [4.78, 5) is 24.4. The molecule has 1 atom stereocenters. The van der Waals surface area contributed by atoms with E-state index in [0.717, 1.165) is 11.1 Å². The third-order valence-corrected chi connectivity index (χ3v) is 3.95. The second-order valence-corrected chi connectivity index (χ2v) is 5.95. The summed E-state index contributed by atoms with van der Waals surface area (Å²) >= 11 is 5.82. The fourth-order valence-electron chi connectivity index (χ4n) is 2.32. The number of aromatic nitrogens is 2. The van der Waals surface area contributed by atoms with Crippen LogP contribution in [0, 0.1) is 0 Å². The zero-order valence-corrected chi connectivity index (χ0v) is 14.2. The standard InChI is InChI=1S/C18H16ClN3O3/c1-11(17(23)20-10-12-6-8-13(19)9-7-12)25-18(24)16-14-4-2-3-5-15(14)21-22-16/h2-9,11H,10H2,1H3,(H,20,23)(H,21,22)/t11-/m1/s1. The van der Waals surface area contributed by atoms with Crippen LogP contribution in [0.15, 0.2) is 48.5 Å². The second kappa shape index (κ2) is 7.36. The molecule has 3 rings (SSSR count). The molecule has 0 aliphatic heterocycles. The third kappa shape index (κ3) is 3.97. The summed E-state index contributed by atoms with van der Waals surface area (Å²) in [7, 11) is 0. The first kappa shape index (κ1) is 17.0. The number of nitrogens with zero attached hydrogens (tertiary/aromatic N) is 1. The molecule has 1 amide bonds. The molecule has 0 aliphatic rings. The summed E-state index contributed by atoms with van der Waals surface area (Å²) in [5.74, 6) is -1.03. The lowest BCUT2D eigenvalue weighted by atomic mass is 10.2. The van der Waals surface area contributed by atoms with E-state index in [0.29, 0.717) is 17.0 Å². The quantitative estimate of drug-likeness (QED) is 0.687. The molecule has 0 unspecified atom stereocenters. The summed E-state index contributed by atoms with van der Waals surface area (Å²) in [5, 5.41) is 10.7. The predicted molar refractivity (Wildman–Crippen MR) is 94.3 cm³/mol. The minimum absolute atomic E-state index is 0.160. The lowest BCUT2D eigenvalue weighted by Crippen LogP contribution is -2.35. The number of carbonyl (C=O) groups excluding carboxylic acids is 2. The van der Waals surface area contributed by atoms with Crippen molar-refractivity contribution >= 4 is 34.4 Å². The highest BCUT2D eigenvalue weighted by molar-refractivity contribution is 6.30. The molecular weight excluding hydrogens is 342 g/mol. The minimum Gasteiger partial charge on any atom is -0.448 e. The molecule has 25 heavy (non-hydrogen) atoms. The van der Waals surface area contributed by atoms with Crippen molar-refractivity contribution in [1.29, 1.82) is 0 Å². The Kier molecular flexibility index (Phi) is 5.00. The van der Waals surface area contributed by atoms with Crippen LogP contribution in [0.5, 0.6) is 0 Å². The van der Waals surface area contributed by atoms with Crippen LogP contribution in [0.25, 0.3) is 10.9 Å². The molecule has 2 aromatic carbocycles. The largest absolute Gasteiger partial charge is 0.448 e. The maximum Gasteiger partial charge on any atom is 0.360 e. The van der Waals surface area contributed by atoms with Gasteiger partial charge in [0.15, 0.2) is 11.8 Å². The van der Waals surface area contributed by atoms with Gasteiger partial charge in [0.05, 0.1) is 5.52 Å². The lowest BCUT2D eigenvalue weighted by Gasteiger charge is -2.13. The summed E-state index contributed by atoms with van der Waals surface area (Å²) in [5.41, 5.74) is 1.79. The first-order chi connectivity index (χ1) is 12.0. The number of nitrogens with one attached hydrogen (secondary N) is 2. The van der Waals surface area contributed by atoms with Gasteiger partial charge in [-0.25, -0.2) is 4.79 Å². The van der Waals surface area contributed by atoms with E-state index in [1.165, 1.54) is 6.92 Å². The Bertz CT molecular complexity index is 905. The smallest absolute Gasteiger partial charge is 0.360 e. The van der Waals surface area contributed by atoms with E-state index < -0.39 is 12.1 Å². The highest BCUT2D eigenvalue weighted by Gasteiger charge is 2.22. The number of hydrogen-bond donors (Lipinski definition) is 2. The summed E-state index contributed by atoms with van der Waals surface area (Å²) in [6.45, 7) is 1.84. The van der Waals surface area contributed by atoms with Crippen molar-refractivity contribution in [3.05, 3.63) is 64.8 Å². The number of benzene rings is 2. The average Bonchev–Trinajstić information content (AvgIpc) is 3.05. The number of fused-ring (bicyclic) bond motifs is 1. The molecule has 0 radical (unpaired) electrons. The predicted octanol–water partition coefficient (Wildman–Crippen LogP) is 3.08. The number of H-pyrrole nitrogens is 1. The Morgan fingerprint density at radius 1 is 1.20 bits per heavy atom. The number of hydrogen-bond acceptors (Lipinski definition) is 4. The van der Waals surface area contributed by atoms with Gasteiger partial charge in [-0.2, -0.15) is 5.10 Å². The van der Waals surface area contributed by atoms with Crippen LogP contribution in [0.4, 0.5) is 0 Å². The number of para-hydroxylation sites is 1. The Morgan fingerprint density at radius 3 is 2.68 bits per heavy atom. The Morgan fingerprint density at radius 2 is 1.92 bits per heavy atom. The molecule has 1 aromatic heterocycles. The van der Waals surface area contributed by atoms with Crippen molar-refractivity contribution in [3.8, 4) is 0 Å². The molecule has 0 saturated heterocycles. The molecule has 7 heteroatoms. The van der Waals surface area contributed by atoms with E-state index in [-0.39, 0.29) is 11.6 Å². The first-order valence-corrected chi connectivity index (χ1v) is 8.08. The highest BCUT2D eigenvalue weighted by atomic mass is 35.5. The van der Waals surface area contributed by atoms with Gasteiger partial charge >= 0.3 is 5.97 Å². The minimum atomic E-state index is -0.935. The molecule has 0 fully saturated rings. The molecule has 3 aromatic rings. The number of rotatable bonds is 5. The van der Waals surface area contributed by atoms with E-state index in [9.17, 15) is 9.59 Å². The Balaban J connectivity index is 1.59. The molecule has 0 bridgehead atoms. The van der Waals surface area contributed by atoms with Crippen molar-refractivity contribution in [2.24, 2.45) is 0 Å². The fraction of sp³-hybridized carbons (Fsp3) is 0.167. The number of esters is 1. The van der Waals surface area contributed by atoms with E-state index in [2.05, 4.69) is 15.5 Å². The van der Waals surface area contributed by atoms with Gasteiger partial charge in [0.1, 0.15) is 0 Å². The zero-order chi connectivity index (χ0) is 17.8. The Labute approximate surface area is 149 Å². The molecule has 0 spiro atoms. The molecular formula is C18H16ClN3O3. The van der Waals surface area contributed by atoms with Crippen LogP contribution in [-0.2, 0) is 16.1 Å². The maximum atomic E-state index is 12.2. The van der Waals surface area contributed by atoms with Gasteiger partial charge in [0.25, 0.3) is 5.91 Å².